The third kappa shape index (κ3) is 2.99. The largest absolute Gasteiger partial charge is 0.493 e. The average Bonchev–Trinajstić information content (AvgIpc) is 3.01. The molecule has 0 aromatic heterocycles. The predicted octanol–water partition coefficient (Wildman–Crippen LogP) is 1.03. The van der Waals surface area contributed by atoms with Gasteiger partial charge in [0.15, 0.2) is 11.5 Å². The van der Waals surface area contributed by atoms with E-state index in [9.17, 15) is 8.42 Å². The zero-order valence-corrected chi connectivity index (χ0v) is 14.8. The maximum absolute atomic E-state index is 12.8. The van der Waals surface area contributed by atoms with Crippen molar-refractivity contribution in [3.8, 4) is 11.5 Å². The van der Waals surface area contributed by atoms with Gasteiger partial charge in [0, 0.05) is 37.7 Å². The van der Waals surface area contributed by atoms with Crippen LogP contribution in [0.1, 0.15) is 6.42 Å². The Morgan fingerprint density at radius 2 is 1.96 bits per heavy atom. The van der Waals surface area contributed by atoms with Gasteiger partial charge in [-0.15, -0.1) is 0 Å². The molecular formula is C16H23NO6S. The molecule has 2 fully saturated rings. The number of hydrogen-bond donors (Lipinski definition) is 1. The first-order valence-electron chi connectivity index (χ1n) is 7.86. The summed E-state index contributed by atoms with van der Waals surface area (Å²) in [6.07, 6.45) is 0.951. The van der Waals surface area contributed by atoms with Crippen LogP contribution in [0.4, 0.5) is 0 Å². The molecule has 3 rings (SSSR count). The molecule has 8 heteroatoms. The van der Waals surface area contributed by atoms with E-state index in [0.29, 0.717) is 24.7 Å². The van der Waals surface area contributed by atoms with Gasteiger partial charge in [0.1, 0.15) is 0 Å². The van der Waals surface area contributed by atoms with Crippen LogP contribution in [0.3, 0.4) is 0 Å². The highest BCUT2D eigenvalue weighted by Gasteiger charge is 2.54. The van der Waals surface area contributed by atoms with Crippen LogP contribution in [-0.4, -0.2) is 55.1 Å². The lowest BCUT2D eigenvalue weighted by atomic mass is 9.68. The van der Waals surface area contributed by atoms with Crippen LogP contribution in [0, 0.1) is 11.8 Å². The molecule has 4 atom stereocenters. The Kier molecular flexibility index (Phi) is 5.00. The van der Waals surface area contributed by atoms with E-state index in [1.807, 2.05) is 0 Å². The number of nitrogens with one attached hydrogen (secondary N) is 1. The Balaban J connectivity index is 1.81. The summed E-state index contributed by atoms with van der Waals surface area (Å²) in [4.78, 5) is 0.152. The first-order chi connectivity index (χ1) is 11.5. The van der Waals surface area contributed by atoms with E-state index in [1.165, 1.54) is 26.4 Å². The van der Waals surface area contributed by atoms with E-state index >= 15 is 0 Å². The fourth-order valence-corrected chi connectivity index (χ4v) is 4.98. The summed E-state index contributed by atoms with van der Waals surface area (Å²) in [7, 11) is 0.932. The summed E-state index contributed by atoms with van der Waals surface area (Å²) in [6, 6.07) is 4.39. The summed E-state index contributed by atoms with van der Waals surface area (Å²) in [5, 5.41) is 0. The molecular weight excluding hydrogens is 334 g/mol. The molecule has 134 valence electrons. The first kappa shape index (κ1) is 17.5. The van der Waals surface area contributed by atoms with E-state index < -0.39 is 10.0 Å². The van der Waals surface area contributed by atoms with Gasteiger partial charge in [0.25, 0.3) is 0 Å². The Morgan fingerprint density at radius 3 is 2.62 bits per heavy atom. The molecule has 1 aromatic carbocycles. The number of benzene rings is 1. The van der Waals surface area contributed by atoms with Gasteiger partial charge in [0.2, 0.25) is 10.0 Å². The lowest BCUT2D eigenvalue weighted by Crippen LogP contribution is -2.62. The third-order valence-electron chi connectivity index (χ3n) is 4.84. The number of fused-ring (bicyclic) bond motifs is 1. The predicted molar refractivity (Wildman–Crippen MR) is 86.9 cm³/mol. The van der Waals surface area contributed by atoms with E-state index in [1.54, 1.807) is 13.2 Å². The van der Waals surface area contributed by atoms with E-state index in [4.69, 9.17) is 18.9 Å². The van der Waals surface area contributed by atoms with Crippen molar-refractivity contribution in [2.45, 2.75) is 23.5 Å². The highest BCUT2D eigenvalue weighted by atomic mass is 32.2. The second-order valence-electron chi connectivity index (χ2n) is 6.07. The topological polar surface area (TPSA) is 83.1 Å². The van der Waals surface area contributed by atoms with Crippen molar-refractivity contribution in [1.29, 1.82) is 0 Å². The summed E-state index contributed by atoms with van der Waals surface area (Å²) >= 11 is 0. The molecule has 1 aromatic rings. The maximum atomic E-state index is 12.8. The summed E-state index contributed by atoms with van der Waals surface area (Å²) in [5.74, 6) is 1.11. The van der Waals surface area contributed by atoms with Crippen molar-refractivity contribution in [3.63, 3.8) is 0 Å². The monoisotopic (exact) mass is 357 g/mol. The molecule has 0 amide bonds. The van der Waals surface area contributed by atoms with Gasteiger partial charge in [-0.05, 0) is 18.6 Å². The molecule has 1 saturated heterocycles. The highest BCUT2D eigenvalue weighted by Crippen LogP contribution is 2.44. The number of rotatable bonds is 7. The number of sulfonamides is 1. The normalized spacial score (nSPS) is 29.0. The molecule has 2 aliphatic rings. The zero-order chi connectivity index (χ0) is 17.3. The highest BCUT2D eigenvalue weighted by molar-refractivity contribution is 7.89. The molecule has 0 radical (unpaired) electrons. The lowest BCUT2D eigenvalue weighted by molar-refractivity contribution is -0.0775. The molecule has 0 unspecified atom stereocenters. The average molecular weight is 357 g/mol. The smallest absolute Gasteiger partial charge is 0.240 e. The Bertz CT molecular complexity index is 692. The van der Waals surface area contributed by atoms with Crippen molar-refractivity contribution in [2.24, 2.45) is 11.8 Å². The van der Waals surface area contributed by atoms with Crippen molar-refractivity contribution in [3.05, 3.63) is 18.2 Å². The minimum Gasteiger partial charge on any atom is -0.493 e. The van der Waals surface area contributed by atoms with Crippen molar-refractivity contribution in [2.75, 3.05) is 34.5 Å². The molecule has 1 saturated carbocycles. The van der Waals surface area contributed by atoms with Gasteiger partial charge < -0.3 is 18.9 Å². The molecule has 24 heavy (non-hydrogen) atoms. The fraction of sp³-hybridized carbons (Fsp3) is 0.625. The van der Waals surface area contributed by atoms with Crippen molar-refractivity contribution in [1.82, 2.24) is 4.72 Å². The van der Waals surface area contributed by atoms with Crippen LogP contribution < -0.4 is 14.2 Å². The number of methoxy groups -OCH3 is 3. The Labute approximate surface area is 142 Å². The second kappa shape index (κ2) is 6.87. The lowest BCUT2D eigenvalue weighted by Gasteiger charge is -2.47. The summed E-state index contributed by atoms with van der Waals surface area (Å²) < 4.78 is 49.6. The zero-order valence-electron chi connectivity index (χ0n) is 14.0. The SMILES string of the molecule is COC[C@H]1[C@@H](NS(=O)(=O)c2ccc(OC)c(OC)c2)[C@H]2CCO[C@H]21. The molecule has 0 spiro atoms. The van der Waals surface area contributed by atoms with Gasteiger partial charge in [-0.1, -0.05) is 0 Å². The van der Waals surface area contributed by atoms with Gasteiger partial charge in [0.05, 0.1) is 31.8 Å². The summed E-state index contributed by atoms with van der Waals surface area (Å²) in [6.45, 7) is 1.14. The van der Waals surface area contributed by atoms with Crippen LogP contribution in [0.15, 0.2) is 23.1 Å². The van der Waals surface area contributed by atoms with Gasteiger partial charge in [-0.25, -0.2) is 13.1 Å². The molecule has 1 heterocycles. The van der Waals surface area contributed by atoms with Gasteiger partial charge in [-0.3, -0.25) is 0 Å². The van der Waals surface area contributed by atoms with Crippen LogP contribution in [-0.2, 0) is 19.5 Å². The Hall–Kier alpha value is -1.35. The van der Waals surface area contributed by atoms with Crippen LogP contribution in [0.2, 0.25) is 0 Å². The minimum absolute atomic E-state index is 0.0393. The number of ether oxygens (including phenoxy) is 4. The molecule has 1 N–H and O–H groups in total. The van der Waals surface area contributed by atoms with Crippen molar-refractivity contribution < 1.29 is 27.4 Å². The molecule has 1 aliphatic heterocycles. The molecule has 7 nitrogen and oxygen atoms in total. The quantitative estimate of drug-likeness (QED) is 0.785. The molecule has 0 bridgehead atoms. The van der Waals surface area contributed by atoms with Crippen molar-refractivity contribution >= 4 is 10.0 Å². The Morgan fingerprint density at radius 1 is 1.21 bits per heavy atom. The van der Waals surface area contributed by atoms with E-state index in [0.717, 1.165) is 6.42 Å². The van der Waals surface area contributed by atoms with Crippen LogP contribution in [0.5, 0.6) is 11.5 Å². The van der Waals surface area contributed by atoms with Crippen LogP contribution in [0.25, 0.3) is 0 Å². The maximum Gasteiger partial charge on any atom is 0.240 e. The number of hydrogen-bond acceptors (Lipinski definition) is 6. The standard InChI is InChI=1S/C16H23NO6S/c1-20-9-12-15(11-6-7-23-16(11)12)17-24(18,19)10-4-5-13(21-2)14(8-10)22-3/h4-5,8,11-12,15-17H,6-7,9H2,1-3H3/t11-,12+,15+,16-/m1/s1. The summed E-state index contributed by atoms with van der Waals surface area (Å²) in [5.41, 5.74) is 0. The van der Waals surface area contributed by atoms with Gasteiger partial charge in [-0.2, -0.15) is 0 Å². The third-order valence-corrected chi connectivity index (χ3v) is 6.30. The first-order valence-corrected chi connectivity index (χ1v) is 9.35. The van der Waals surface area contributed by atoms with Crippen LogP contribution >= 0.6 is 0 Å². The van der Waals surface area contributed by atoms with E-state index in [2.05, 4.69) is 4.72 Å². The molecule has 1 aliphatic carbocycles. The fourth-order valence-electron chi connectivity index (χ4n) is 3.63. The van der Waals surface area contributed by atoms with Gasteiger partial charge >= 0.3 is 0 Å². The minimum atomic E-state index is -3.66. The second-order valence-corrected chi connectivity index (χ2v) is 7.78. The van der Waals surface area contributed by atoms with E-state index in [-0.39, 0.29) is 28.9 Å².